The van der Waals surface area contributed by atoms with Crippen LogP contribution in [0.5, 0.6) is 0 Å². The highest BCUT2D eigenvalue weighted by Gasteiger charge is 2.30. The van der Waals surface area contributed by atoms with Gasteiger partial charge in [-0.3, -0.25) is 4.79 Å². The largest absolute Gasteiger partial charge is 0.416 e. The van der Waals surface area contributed by atoms with E-state index in [-0.39, 0.29) is 19.1 Å². The van der Waals surface area contributed by atoms with Crippen molar-refractivity contribution in [3.8, 4) is 0 Å². The zero-order valence-electron chi connectivity index (χ0n) is 11.3. The minimum absolute atomic E-state index is 0.0934. The van der Waals surface area contributed by atoms with Crippen LogP contribution in [0.3, 0.4) is 0 Å². The molecule has 20 heavy (non-hydrogen) atoms. The number of rotatable bonds is 5. The van der Waals surface area contributed by atoms with Crippen LogP contribution < -0.4 is 5.73 Å². The van der Waals surface area contributed by atoms with Crippen LogP contribution in [0.25, 0.3) is 0 Å². The van der Waals surface area contributed by atoms with E-state index < -0.39 is 17.8 Å². The van der Waals surface area contributed by atoms with Crippen LogP contribution in [0.2, 0.25) is 0 Å². The maximum atomic E-state index is 12.4. The van der Waals surface area contributed by atoms with E-state index in [1.807, 2.05) is 0 Å². The molecule has 0 aromatic heterocycles. The Morgan fingerprint density at radius 1 is 1.35 bits per heavy atom. The Balaban J connectivity index is 2.67. The van der Waals surface area contributed by atoms with Gasteiger partial charge in [-0.2, -0.15) is 13.2 Å². The number of carbonyl (C=O) groups is 1. The van der Waals surface area contributed by atoms with Crippen LogP contribution in [0, 0.1) is 0 Å². The van der Waals surface area contributed by atoms with Crippen molar-refractivity contribution in [2.24, 2.45) is 5.73 Å². The molecule has 0 saturated heterocycles. The highest BCUT2D eigenvalue weighted by molar-refractivity contribution is 5.81. The lowest BCUT2D eigenvalue weighted by atomic mass is 10.1. The average Bonchev–Trinajstić information content (AvgIpc) is 2.37. The fraction of sp³-hybridized carbons (Fsp3) is 0.462. The normalized spacial score (nSPS) is 13.1. The number of alkyl halides is 3. The summed E-state index contributed by atoms with van der Waals surface area (Å²) in [5, 5.41) is 0. The SMILES string of the molecule is COCC(N)C(=O)N(C)Cc1ccc(C(F)(F)F)cc1. The molecule has 1 rings (SSSR count). The summed E-state index contributed by atoms with van der Waals surface area (Å²) in [7, 11) is 2.97. The van der Waals surface area contributed by atoms with Gasteiger partial charge >= 0.3 is 6.18 Å². The van der Waals surface area contributed by atoms with E-state index in [2.05, 4.69) is 0 Å². The van der Waals surface area contributed by atoms with E-state index in [4.69, 9.17) is 10.5 Å². The summed E-state index contributed by atoms with van der Waals surface area (Å²) in [6, 6.07) is 3.88. The molecule has 1 aromatic rings. The second-order valence-electron chi connectivity index (χ2n) is 4.45. The van der Waals surface area contributed by atoms with E-state index in [9.17, 15) is 18.0 Å². The third-order valence-electron chi connectivity index (χ3n) is 2.74. The molecule has 0 aliphatic rings. The Bertz CT molecular complexity index is 446. The van der Waals surface area contributed by atoms with Crippen LogP contribution in [0.15, 0.2) is 24.3 Å². The topological polar surface area (TPSA) is 55.6 Å². The molecule has 0 aliphatic heterocycles. The van der Waals surface area contributed by atoms with E-state index in [0.29, 0.717) is 5.56 Å². The van der Waals surface area contributed by atoms with Crippen molar-refractivity contribution in [3.05, 3.63) is 35.4 Å². The summed E-state index contributed by atoms with van der Waals surface area (Å²) in [5.74, 6) is -0.327. The molecular weight excluding hydrogens is 273 g/mol. The summed E-state index contributed by atoms with van der Waals surface area (Å²) < 4.78 is 42.0. The molecule has 1 amide bonds. The van der Waals surface area contributed by atoms with Crippen molar-refractivity contribution in [2.45, 2.75) is 18.8 Å². The number of carbonyl (C=O) groups excluding carboxylic acids is 1. The lowest BCUT2D eigenvalue weighted by molar-refractivity contribution is -0.137. The first-order chi connectivity index (χ1) is 9.25. The van der Waals surface area contributed by atoms with Gasteiger partial charge in [0.25, 0.3) is 0 Å². The average molecular weight is 290 g/mol. The summed E-state index contributed by atoms with van der Waals surface area (Å²) in [6.45, 7) is 0.282. The molecular formula is C13H17F3N2O2. The number of ether oxygens (including phenoxy) is 1. The number of nitrogens with zero attached hydrogens (tertiary/aromatic N) is 1. The van der Waals surface area contributed by atoms with Gasteiger partial charge in [-0.1, -0.05) is 12.1 Å². The highest BCUT2D eigenvalue weighted by Crippen LogP contribution is 2.29. The molecule has 0 spiro atoms. The first-order valence-corrected chi connectivity index (χ1v) is 5.91. The van der Waals surface area contributed by atoms with Gasteiger partial charge in [-0.15, -0.1) is 0 Å². The predicted molar refractivity (Wildman–Crippen MR) is 67.8 cm³/mol. The fourth-order valence-electron chi connectivity index (χ4n) is 1.68. The molecule has 1 aromatic carbocycles. The lowest BCUT2D eigenvalue weighted by Crippen LogP contribution is -2.44. The molecule has 2 N–H and O–H groups in total. The molecule has 1 unspecified atom stereocenters. The Morgan fingerprint density at radius 3 is 2.35 bits per heavy atom. The monoisotopic (exact) mass is 290 g/mol. The minimum atomic E-state index is -4.36. The predicted octanol–water partition coefficient (Wildman–Crippen LogP) is 1.64. The Morgan fingerprint density at radius 2 is 1.90 bits per heavy atom. The zero-order valence-corrected chi connectivity index (χ0v) is 11.3. The molecule has 0 fully saturated rings. The molecule has 7 heteroatoms. The summed E-state index contributed by atoms with van der Waals surface area (Å²) >= 11 is 0. The number of nitrogens with two attached hydrogens (primary N) is 1. The molecule has 0 saturated carbocycles. The van der Waals surface area contributed by atoms with Crippen LogP contribution >= 0.6 is 0 Å². The lowest BCUT2D eigenvalue weighted by Gasteiger charge is -2.21. The summed E-state index contributed by atoms with van der Waals surface area (Å²) in [6.07, 6.45) is -4.36. The third-order valence-corrected chi connectivity index (χ3v) is 2.74. The van der Waals surface area contributed by atoms with Crippen molar-refractivity contribution in [1.29, 1.82) is 0 Å². The van der Waals surface area contributed by atoms with Gasteiger partial charge in [0.1, 0.15) is 6.04 Å². The van der Waals surface area contributed by atoms with Gasteiger partial charge in [-0.05, 0) is 17.7 Å². The quantitative estimate of drug-likeness (QED) is 0.897. The number of hydrogen-bond acceptors (Lipinski definition) is 3. The fourth-order valence-corrected chi connectivity index (χ4v) is 1.68. The van der Waals surface area contributed by atoms with Crippen molar-refractivity contribution < 1.29 is 22.7 Å². The highest BCUT2D eigenvalue weighted by atomic mass is 19.4. The number of amides is 1. The first-order valence-electron chi connectivity index (χ1n) is 5.91. The number of hydrogen-bond donors (Lipinski definition) is 1. The molecule has 0 heterocycles. The Labute approximate surface area is 115 Å². The number of methoxy groups -OCH3 is 1. The van der Waals surface area contributed by atoms with Crippen LogP contribution in [-0.2, 0) is 22.3 Å². The van der Waals surface area contributed by atoms with E-state index >= 15 is 0 Å². The van der Waals surface area contributed by atoms with Gasteiger partial charge in [0, 0.05) is 20.7 Å². The Hall–Kier alpha value is -1.60. The van der Waals surface area contributed by atoms with E-state index in [1.54, 1.807) is 0 Å². The van der Waals surface area contributed by atoms with E-state index in [1.165, 1.54) is 31.2 Å². The van der Waals surface area contributed by atoms with Gasteiger partial charge < -0.3 is 15.4 Å². The number of benzene rings is 1. The van der Waals surface area contributed by atoms with Gasteiger partial charge in [0.2, 0.25) is 5.91 Å². The minimum Gasteiger partial charge on any atom is -0.383 e. The van der Waals surface area contributed by atoms with Crippen molar-refractivity contribution in [3.63, 3.8) is 0 Å². The summed E-state index contributed by atoms with van der Waals surface area (Å²) in [4.78, 5) is 13.2. The van der Waals surface area contributed by atoms with Gasteiger partial charge in [0.05, 0.1) is 12.2 Å². The zero-order chi connectivity index (χ0) is 15.3. The molecule has 0 bridgehead atoms. The standard InChI is InChI=1S/C13H17F3N2O2/c1-18(12(19)11(17)8-20-2)7-9-3-5-10(6-4-9)13(14,15)16/h3-6,11H,7-8,17H2,1-2H3. The molecule has 1 atom stereocenters. The summed E-state index contributed by atoms with van der Waals surface area (Å²) in [5.41, 5.74) is 5.48. The van der Waals surface area contributed by atoms with Gasteiger partial charge in [0.15, 0.2) is 0 Å². The maximum Gasteiger partial charge on any atom is 0.416 e. The van der Waals surface area contributed by atoms with Crippen molar-refractivity contribution in [1.82, 2.24) is 4.90 Å². The molecule has 112 valence electrons. The van der Waals surface area contributed by atoms with Crippen LogP contribution in [0.1, 0.15) is 11.1 Å². The Kier molecular flexibility index (Phi) is 5.52. The second-order valence-corrected chi connectivity index (χ2v) is 4.45. The number of likely N-dealkylation sites (N-methyl/N-ethyl adjacent to an activating group) is 1. The molecule has 4 nitrogen and oxygen atoms in total. The molecule has 0 radical (unpaired) electrons. The van der Waals surface area contributed by atoms with E-state index in [0.717, 1.165) is 12.1 Å². The first kappa shape index (κ1) is 16.5. The van der Waals surface area contributed by atoms with Crippen LogP contribution in [-0.4, -0.2) is 37.6 Å². The molecule has 0 aliphatic carbocycles. The smallest absolute Gasteiger partial charge is 0.383 e. The van der Waals surface area contributed by atoms with Crippen molar-refractivity contribution in [2.75, 3.05) is 20.8 Å². The van der Waals surface area contributed by atoms with Gasteiger partial charge in [-0.25, -0.2) is 0 Å². The number of halogens is 3. The maximum absolute atomic E-state index is 12.4. The van der Waals surface area contributed by atoms with Crippen molar-refractivity contribution >= 4 is 5.91 Å². The third kappa shape index (κ3) is 4.50. The second kappa shape index (κ2) is 6.71. The van der Waals surface area contributed by atoms with Crippen LogP contribution in [0.4, 0.5) is 13.2 Å².